The quantitative estimate of drug-likeness (QED) is 0.806. The molecule has 1 aliphatic heterocycles. The van der Waals surface area contributed by atoms with Crippen LogP contribution in [0.25, 0.3) is 10.9 Å². The zero-order valence-corrected chi connectivity index (χ0v) is 9.35. The van der Waals surface area contributed by atoms with Crippen molar-refractivity contribution in [3.05, 3.63) is 30.0 Å². The second-order valence-electron chi connectivity index (χ2n) is 4.08. The Hall–Kier alpha value is -1.88. The Morgan fingerprint density at radius 1 is 1.41 bits per heavy atom. The summed E-state index contributed by atoms with van der Waals surface area (Å²) in [6, 6.07) is 7.63. The number of para-hydroxylation sites is 1. The van der Waals surface area contributed by atoms with Crippen LogP contribution < -0.4 is 0 Å². The van der Waals surface area contributed by atoms with Gasteiger partial charge in [0.2, 0.25) is 0 Å². The smallest absolute Gasteiger partial charge is 0.276 e. The lowest BCUT2D eigenvalue weighted by atomic mass is 10.2. The molecular weight excluding hydrogens is 218 g/mol. The van der Waals surface area contributed by atoms with Gasteiger partial charge in [-0.3, -0.25) is 9.89 Å². The third-order valence-electron chi connectivity index (χ3n) is 2.92. The maximum atomic E-state index is 12.2. The summed E-state index contributed by atoms with van der Waals surface area (Å²) in [6.45, 7) is 1.82. The van der Waals surface area contributed by atoms with E-state index in [2.05, 4.69) is 10.2 Å². The third kappa shape index (κ3) is 1.78. The van der Waals surface area contributed by atoms with Crippen molar-refractivity contribution in [1.29, 1.82) is 0 Å². The lowest BCUT2D eigenvalue weighted by Gasteiger charge is -2.25. The third-order valence-corrected chi connectivity index (χ3v) is 2.92. The number of hydrogen-bond donors (Lipinski definition) is 1. The molecule has 0 bridgehead atoms. The van der Waals surface area contributed by atoms with Crippen LogP contribution >= 0.6 is 0 Å². The number of fused-ring (bicyclic) bond motifs is 1. The number of aromatic amines is 1. The standard InChI is InChI=1S/C12H13N3O2/c16-12(15-6-3-7-17-8-15)11-9-4-1-2-5-10(9)13-14-11/h1-2,4-5H,3,6-8H2,(H,13,14). The highest BCUT2D eigenvalue weighted by Crippen LogP contribution is 2.17. The average Bonchev–Trinajstić information content (AvgIpc) is 2.83. The summed E-state index contributed by atoms with van der Waals surface area (Å²) in [6.07, 6.45) is 0.883. The number of hydrogen-bond acceptors (Lipinski definition) is 3. The highest BCUT2D eigenvalue weighted by molar-refractivity contribution is 6.04. The molecule has 1 aromatic carbocycles. The molecule has 88 valence electrons. The molecule has 0 saturated carbocycles. The number of carbonyl (C=O) groups excluding carboxylic acids is 1. The van der Waals surface area contributed by atoms with Gasteiger partial charge in [0.05, 0.1) is 12.1 Å². The van der Waals surface area contributed by atoms with E-state index in [0.29, 0.717) is 12.4 Å². The number of ether oxygens (including phenoxy) is 1. The number of amides is 1. The largest absolute Gasteiger partial charge is 0.361 e. The van der Waals surface area contributed by atoms with Crippen LogP contribution in [0.5, 0.6) is 0 Å². The molecule has 0 radical (unpaired) electrons. The number of carbonyl (C=O) groups is 1. The van der Waals surface area contributed by atoms with E-state index in [4.69, 9.17) is 4.74 Å². The number of H-pyrrole nitrogens is 1. The van der Waals surface area contributed by atoms with E-state index in [0.717, 1.165) is 30.5 Å². The molecule has 1 N–H and O–H groups in total. The molecule has 3 rings (SSSR count). The van der Waals surface area contributed by atoms with Crippen LogP contribution in [0.2, 0.25) is 0 Å². The first-order valence-electron chi connectivity index (χ1n) is 5.66. The number of rotatable bonds is 1. The van der Waals surface area contributed by atoms with Crippen LogP contribution in [-0.2, 0) is 4.74 Å². The van der Waals surface area contributed by atoms with Crippen molar-refractivity contribution in [2.45, 2.75) is 6.42 Å². The fraction of sp³-hybridized carbons (Fsp3) is 0.333. The van der Waals surface area contributed by atoms with Crippen LogP contribution in [0, 0.1) is 0 Å². The summed E-state index contributed by atoms with van der Waals surface area (Å²) in [4.78, 5) is 13.9. The lowest BCUT2D eigenvalue weighted by molar-refractivity contribution is -0.00592. The molecule has 5 nitrogen and oxygen atoms in total. The van der Waals surface area contributed by atoms with E-state index >= 15 is 0 Å². The van der Waals surface area contributed by atoms with Gasteiger partial charge in [0.25, 0.3) is 5.91 Å². The molecule has 1 aromatic heterocycles. The topological polar surface area (TPSA) is 58.2 Å². The molecule has 1 amide bonds. The van der Waals surface area contributed by atoms with Gasteiger partial charge < -0.3 is 9.64 Å². The van der Waals surface area contributed by atoms with Crippen molar-refractivity contribution in [2.75, 3.05) is 19.9 Å². The van der Waals surface area contributed by atoms with Crippen LogP contribution in [0.1, 0.15) is 16.9 Å². The summed E-state index contributed by atoms with van der Waals surface area (Å²) in [5.74, 6) is -0.0675. The first kappa shape index (κ1) is 10.3. The number of aromatic nitrogens is 2. The molecule has 2 heterocycles. The fourth-order valence-electron chi connectivity index (χ4n) is 2.03. The predicted molar refractivity (Wildman–Crippen MR) is 62.6 cm³/mol. The molecular formula is C12H13N3O2. The van der Waals surface area contributed by atoms with Crippen molar-refractivity contribution < 1.29 is 9.53 Å². The second kappa shape index (κ2) is 4.18. The molecule has 2 aromatic rings. The molecule has 17 heavy (non-hydrogen) atoms. The minimum Gasteiger partial charge on any atom is -0.361 e. The van der Waals surface area contributed by atoms with E-state index in [9.17, 15) is 4.79 Å². The summed E-state index contributed by atoms with van der Waals surface area (Å²) in [5.41, 5.74) is 1.36. The zero-order valence-electron chi connectivity index (χ0n) is 9.35. The molecule has 0 aliphatic carbocycles. The minimum atomic E-state index is -0.0675. The van der Waals surface area contributed by atoms with Gasteiger partial charge in [-0.15, -0.1) is 0 Å². The van der Waals surface area contributed by atoms with Gasteiger partial charge in [-0.05, 0) is 12.5 Å². The van der Waals surface area contributed by atoms with Gasteiger partial charge in [0, 0.05) is 11.9 Å². The summed E-state index contributed by atoms with van der Waals surface area (Å²) in [5, 5.41) is 7.83. The van der Waals surface area contributed by atoms with Crippen LogP contribution in [0.4, 0.5) is 0 Å². The monoisotopic (exact) mass is 231 g/mol. The molecule has 1 fully saturated rings. The Balaban J connectivity index is 1.95. The van der Waals surface area contributed by atoms with Crippen molar-refractivity contribution in [1.82, 2.24) is 15.1 Å². The Morgan fingerprint density at radius 2 is 2.29 bits per heavy atom. The minimum absolute atomic E-state index is 0.0675. The van der Waals surface area contributed by atoms with Gasteiger partial charge >= 0.3 is 0 Å². The first-order valence-corrected chi connectivity index (χ1v) is 5.66. The molecule has 1 saturated heterocycles. The van der Waals surface area contributed by atoms with Gasteiger partial charge in [-0.1, -0.05) is 18.2 Å². The van der Waals surface area contributed by atoms with Gasteiger partial charge in [0.1, 0.15) is 6.73 Å². The highest BCUT2D eigenvalue weighted by atomic mass is 16.5. The first-order chi connectivity index (χ1) is 8.36. The van der Waals surface area contributed by atoms with Crippen molar-refractivity contribution in [3.8, 4) is 0 Å². The normalized spacial score (nSPS) is 16.4. The Bertz CT molecular complexity index is 543. The lowest BCUT2D eigenvalue weighted by Crippen LogP contribution is -2.38. The molecule has 0 atom stereocenters. The summed E-state index contributed by atoms with van der Waals surface area (Å²) < 4.78 is 5.28. The van der Waals surface area contributed by atoms with Gasteiger partial charge in [-0.2, -0.15) is 5.10 Å². The second-order valence-corrected chi connectivity index (χ2v) is 4.08. The molecule has 5 heteroatoms. The highest BCUT2D eigenvalue weighted by Gasteiger charge is 2.22. The Kier molecular flexibility index (Phi) is 2.53. The number of nitrogens with zero attached hydrogens (tertiary/aromatic N) is 2. The molecule has 0 spiro atoms. The van der Waals surface area contributed by atoms with E-state index in [1.165, 1.54) is 0 Å². The maximum Gasteiger partial charge on any atom is 0.276 e. The van der Waals surface area contributed by atoms with E-state index in [1.807, 2.05) is 24.3 Å². The van der Waals surface area contributed by atoms with Gasteiger partial charge in [-0.25, -0.2) is 0 Å². The summed E-state index contributed by atoms with van der Waals surface area (Å²) >= 11 is 0. The van der Waals surface area contributed by atoms with Gasteiger partial charge in [0.15, 0.2) is 5.69 Å². The van der Waals surface area contributed by atoms with Crippen LogP contribution in [0.3, 0.4) is 0 Å². The van der Waals surface area contributed by atoms with Crippen LogP contribution in [-0.4, -0.2) is 40.9 Å². The Morgan fingerprint density at radius 3 is 3.12 bits per heavy atom. The van der Waals surface area contributed by atoms with E-state index in [-0.39, 0.29) is 5.91 Å². The molecule has 1 aliphatic rings. The Labute approximate surface area is 98.4 Å². The van der Waals surface area contributed by atoms with Crippen molar-refractivity contribution in [2.24, 2.45) is 0 Å². The number of nitrogens with one attached hydrogen (secondary N) is 1. The number of benzene rings is 1. The zero-order chi connectivity index (χ0) is 11.7. The van der Waals surface area contributed by atoms with Crippen molar-refractivity contribution >= 4 is 16.8 Å². The summed E-state index contributed by atoms with van der Waals surface area (Å²) in [7, 11) is 0. The van der Waals surface area contributed by atoms with Crippen molar-refractivity contribution in [3.63, 3.8) is 0 Å². The van der Waals surface area contributed by atoms with Crippen LogP contribution in [0.15, 0.2) is 24.3 Å². The fourth-order valence-corrected chi connectivity index (χ4v) is 2.03. The SMILES string of the molecule is O=C(c1n[nH]c2ccccc12)N1CCCOC1. The van der Waals surface area contributed by atoms with E-state index < -0.39 is 0 Å². The van der Waals surface area contributed by atoms with E-state index in [1.54, 1.807) is 4.90 Å². The molecule has 0 unspecified atom stereocenters. The maximum absolute atomic E-state index is 12.2. The average molecular weight is 231 g/mol. The predicted octanol–water partition coefficient (Wildman–Crippen LogP) is 1.38.